The van der Waals surface area contributed by atoms with Gasteiger partial charge in [0.1, 0.15) is 24.2 Å². The Bertz CT molecular complexity index is 1200. The first kappa shape index (κ1) is 21.8. The van der Waals surface area contributed by atoms with Gasteiger partial charge in [0.25, 0.3) is 5.56 Å². The number of rotatable bonds is 8. The molecule has 2 N–H and O–H groups in total. The normalized spacial score (nSPS) is 13.4. The van der Waals surface area contributed by atoms with E-state index < -0.39 is 22.6 Å². The highest BCUT2D eigenvalue weighted by molar-refractivity contribution is 8.00. The van der Waals surface area contributed by atoms with Gasteiger partial charge < -0.3 is 14.4 Å². The van der Waals surface area contributed by atoms with Crippen LogP contribution >= 0.6 is 11.8 Å². The second-order valence-electron chi connectivity index (χ2n) is 7.10. The molecule has 0 bridgehead atoms. The second-order valence-corrected chi connectivity index (χ2v) is 8.40. The molecule has 2 unspecified atom stereocenters. The van der Waals surface area contributed by atoms with Gasteiger partial charge in [0.05, 0.1) is 11.8 Å². The first-order valence-corrected chi connectivity index (χ1v) is 10.3. The number of aliphatic hydroxyl groups is 1. The number of aromatic amines is 1. The number of ketones is 1. The molecule has 0 radical (unpaired) electrons. The Morgan fingerprint density at radius 1 is 1.33 bits per heavy atom. The molecule has 0 saturated carbocycles. The zero-order chi connectivity index (χ0) is 22.0. The monoisotopic (exact) mass is 432 g/mol. The summed E-state index contributed by atoms with van der Waals surface area (Å²) in [5, 5.41) is 10.5. The molecule has 0 aliphatic heterocycles. The van der Waals surface area contributed by atoms with Gasteiger partial charge >= 0.3 is 5.69 Å². The first-order chi connectivity index (χ1) is 14.2. The molecule has 3 aromatic rings. The summed E-state index contributed by atoms with van der Waals surface area (Å²) in [4.78, 5) is 42.8. The van der Waals surface area contributed by atoms with Crippen LogP contribution in [0.4, 0.5) is 0 Å². The van der Waals surface area contributed by atoms with Gasteiger partial charge in [-0.15, -0.1) is 0 Å². The second kappa shape index (κ2) is 8.88. The van der Waals surface area contributed by atoms with Crippen molar-refractivity contribution < 1.29 is 14.6 Å². The summed E-state index contributed by atoms with van der Waals surface area (Å²) >= 11 is 1.17. The van der Waals surface area contributed by atoms with Crippen LogP contribution in [0.1, 0.15) is 19.4 Å². The predicted octanol–water partition coefficient (Wildman–Crippen LogP) is 1.24. The van der Waals surface area contributed by atoms with Crippen LogP contribution in [0.15, 0.2) is 39.0 Å². The average molecular weight is 433 g/mol. The van der Waals surface area contributed by atoms with Crippen molar-refractivity contribution in [3.8, 4) is 5.75 Å². The number of H-pyrrole nitrogens is 1. The Balaban J connectivity index is 1.95. The molecule has 0 aliphatic rings. The van der Waals surface area contributed by atoms with Crippen molar-refractivity contribution in [2.24, 2.45) is 7.05 Å². The lowest BCUT2D eigenvalue weighted by Crippen LogP contribution is -2.30. The summed E-state index contributed by atoms with van der Waals surface area (Å²) in [7, 11) is 1.50. The van der Waals surface area contributed by atoms with Gasteiger partial charge in [0.15, 0.2) is 16.3 Å². The molecule has 2 heterocycles. The lowest BCUT2D eigenvalue weighted by Gasteiger charge is -2.16. The number of imidazole rings is 1. The van der Waals surface area contributed by atoms with Crippen LogP contribution in [-0.4, -0.2) is 48.0 Å². The molecule has 2 aromatic heterocycles. The SMILES string of the molecule is CC(=O)C(C)Sc1nc2c(c(=O)[nH]c(=O)n2C)n1CC(O)COc1ccccc1C. The minimum atomic E-state index is -0.953. The van der Waals surface area contributed by atoms with E-state index in [4.69, 9.17) is 4.74 Å². The van der Waals surface area contributed by atoms with Crippen molar-refractivity contribution in [3.05, 3.63) is 50.7 Å². The summed E-state index contributed by atoms with van der Waals surface area (Å²) < 4.78 is 8.47. The largest absolute Gasteiger partial charge is 0.491 e. The molecule has 0 amide bonds. The number of aliphatic hydroxyl groups excluding tert-OH is 1. The molecule has 0 fully saturated rings. The van der Waals surface area contributed by atoms with Gasteiger partial charge in [0.2, 0.25) is 0 Å². The third kappa shape index (κ3) is 4.49. The lowest BCUT2D eigenvalue weighted by molar-refractivity contribution is -0.116. The molecule has 30 heavy (non-hydrogen) atoms. The molecule has 2 atom stereocenters. The number of para-hydroxylation sites is 1. The molecular weight excluding hydrogens is 408 g/mol. The quantitative estimate of drug-likeness (QED) is 0.514. The summed E-state index contributed by atoms with van der Waals surface area (Å²) in [6.07, 6.45) is -0.953. The van der Waals surface area contributed by atoms with E-state index in [-0.39, 0.29) is 30.1 Å². The smallest absolute Gasteiger partial charge is 0.329 e. The molecule has 3 rings (SSSR count). The van der Waals surface area contributed by atoms with E-state index in [1.165, 1.54) is 34.9 Å². The van der Waals surface area contributed by atoms with E-state index in [2.05, 4.69) is 9.97 Å². The molecule has 9 nitrogen and oxygen atoms in total. The minimum Gasteiger partial charge on any atom is -0.491 e. The van der Waals surface area contributed by atoms with Gasteiger partial charge in [0, 0.05) is 7.05 Å². The Morgan fingerprint density at radius 2 is 2.03 bits per heavy atom. The van der Waals surface area contributed by atoms with Crippen LogP contribution in [0, 0.1) is 6.92 Å². The number of nitrogens with zero attached hydrogens (tertiary/aromatic N) is 3. The van der Waals surface area contributed by atoms with Crippen molar-refractivity contribution >= 4 is 28.7 Å². The van der Waals surface area contributed by atoms with Crippen molar-refractivity contribution in [1.82, 2.24) is 19.1 Å². The van der Waals surface area contributed by atoms with Crippen molar-refractivity contribution in [3.63, 3.8) is 0 Å². The van der Waals surface area contributed by atoms with E-state index in [1.807, 2.05) is 31.2 Å². The number of aryl methyl sites for hydroxylation is 2. The molecular formula is C20H24N4O5S. The van der Waals surface area contributed by atoms with Crippen LogP contribution in [0.25, 0.3) is 11.2 Å². The number of ether oxygens (including phenoxy) is 1. The third-order valence-corrected chi connectivity index (χ3v) is 5.95. The van der Waals surface area contributed by atoms with E-state index in [9.17, 15) is 19.5 Å². The zero-order valence-corrected chi connectivity index (χ0v) is 18.0. The number of hydrogen-bond donors (Lipinski definition) is 2. The number of nitrogens with one attached hydrogen (secondary N) is 1. The fourth-order valence-corrected chi connectivity index (χ4v) is 3.80. The highest BCUT2D eigenvalue weighted by atomic mass is 32.2. The van der Waals surface area contributed by atoms with Crippen molar-refractivity contribution in [2.75, 3.05) is 6.61 Å². The number of fused-ring (bicyclic) bond motifs is 1. The maximum absolute atomic E-state index is 12.5. The highest BCUT2D eigenvalue weighted by Crippen LogP contribution is 2.26. The Kier molecular flexibility index (Phi) is 6.47. The molecule has 160 valence electrons. The minimum absolute atomic E-state index is 0.000560. The summed E-state index contributed by atoms with van der Waals surface area (Å²) in [5.74, 6) is 0.608. The van der Waals surface area contributed by atoms with E-state index in [0.29, 0.717) is 10.9 Å². The van der Waals surface area contributed by atoms with Gasteiger partial charge in [-0.25, -0.2) is 9.78 Å². The number of thioether (sulfide) groups is 1. The fourth-order valence-electron chi connectivity index (χ4n) is 2.88. The highest BCUT2D eigenvalue weighted by Gasteiger charge is 2.22. The summed E-state index contributed by atoms with van der Waals surface area (Å²) in [5.41, 5.74) is 0.0989. The number of carbonyl (C=O) groups excluding carboxylic acids is 1. The van der Waals surface area contributed by atoms with Crippen LogP contribution in [0.3, 0.4) is 0 Å². The van der Waals surface area contributed by atoms with Crippen LogP contribution in [0.2, 0.25) is 0 Å². The van der Waals surface area contributed by atoms with Gasteiger partial charge in [-0.1, -0.05) is 30.0 Å². The lowest BCUT2D eigenvalue weighted by atomic mass is 10.2. The Morgan fingerprint density at radius 3 is 2.70 bits per heavy atom. The van der Waals surface area contributed by atoms with Crippen molar-refractivity contribution in [1.29, 1.82) is 0 Å². The predicted molar refractivity (Wildman–Crippen MR) is 114 cm³/mol. The average Bonchev–Trinajstić information content (AvgIpc) is 3.04. The fraction of sp³-hybridized carbons (Fsp3) is 0.400. The standard InChI is InChI=1S/C20H24N4O5S/c1-11-7-5-6-8-15(11)29-10-14(26)9-24-16-17(23(4)19(28)22-18(16)27)21-20(24)30-13(3)12(2)25/h5-8,13-14,26H,9-10H2,1-4H3,(H,22,27,28). The number of carbonyl (C=O) groups is 1. The van der Waals surface area contributed by atoms with Crippen LogP contribution in [0.5, 0.6) is 5.75 Å². The van der Waals surface area contributed by atoms with E-state index in [0.717, 1.165) is 5.56 Å². The maximum Gasteiger partial charge on any atom is 0.329 e. The number of Topliss-reactive ketones (excluding diaryl/α,β-unsaturated/α-hetero) is 1. The summed E-state index contributed by atoms with van der Waals surface area (Å²) in [6, 6.07) is 7.45. The Labute approximate surface area is 176 Å². The topological polar surface area (TPSA) is 119 Å². The molecule has 1 aromatic carbocycles. The van der Waals surface area contributed by atoms with Crippen LogP contribution in [-0.2, 0) is 18.4 Å². The zero-order valence-electron chi connectivity index (χ0n) is 17.2. The van der Waals surface area contributed by atoms with E-state index >= 15 is 0 Å². The van der Waals surface area contributed by atoms with Gasteiger partial charge in [-0.2, -0.15) is 0 Å². The van der Waals surface area contributed by atoms with Gasteiger partial charge in [-0.05, 0) is 32.4 Å². The number of benzene rings is 1. The Hall–Kier alpha value is -2.85. The van der Waals surface area contributed by atoms with E-state index in [1.54, 1.807) is 6.92 Å². The molecule has 0 saturated heterocycles. The first-order valence-electron chi connectivity index (χ1n) is 9.42. The van der Waals surface area contributed by atoms with Gasteiger partial charge in [-0.3, -0.25) is 19.1 Å². The summed E-state index contributed by atoms with van der Waals surface area (Å²) in [6.45, 7) is 5.12. The molecule has 0 spiro atoms. The third-order valence-electron chi connectivity index (χ3n) is 4.74. The molecule has 0 aliphatic carbocycles. The maximum atomic E-state index is 12.5. The van der Waals surface area contributed by atoms with Crippen molar-refractivity contribution in [2.45, 2.75) is 43.8 Å². The number of aromatic nitrogens is 4. The molecule has 10 heteroatoms. The number of hydrogen-bond acceptors (Lipinski definition) is 7. The van der Waals surface area contributed by atoms with Crippen LogP contribution < -0.4 is 16.0 Å².